The summed E-state index contributed by atoms with van der Waals surface area (Å²) in [5, 5.41) is 0. The Hall–Kier alpha value is -0.880. The van der Waals surface area contributed by atoms with Gasteiger partial charge in [-0.05, 0) is 31.9 Å². The van der Waals surface area contributed by atoms with Crippen molar-refractivity contribution < 1.29 is 4.79 Å². The molecule has 2 rings (SSSR count). The summed E-state index contributed by atoms with van der Waals surface area (Å²) in [6.45, 7) is 6.95. The molecule has 25 heavy (non-hydrogen) atoms. The molecule has 2 heterocycles. The van der Waals surface area contributed by atoms with E-state index in [1.54, 1.807) is 0 Å². The molecular formula is C18H32Cl2N4O. The number of likely N-dealkylation sites (tertiary alicyclic amines) is 1. The predicted molar refractivity (Wildman–Crippen MR) is 107 cm³/mol. The molecule has 2 atom stereocenters. The molecule has 2 N–H and O–H groups in total. The first-order valence-corrected chi connectivity index (χ1v) is 8.63. The first kappa shape index (κ1) is 24.1. The number of carbonyl (C=O) groups excluding carboxylic acids is 1. The molecule has 1 fully saturated rings. The number of nitrogens with two attached hydrogens (primary N) is 1. The lowest BCUT2D eigenvalue weighted by molar-refractivity contribution is -0.137. The van der Waals surface area contributed by atoms with Gasteiger partial charge in [-0.25, -0.2) is 0 Å². The Morgan fingerprint density at radius 2 is 1.96 bits per heavy atom. The van der Waals surface area contributed by atoms with Crippen LogP contribution in [0.15, 0.2) is 24.4 Å². The molecule has 5 nitrogen and oxygen atoms in total. The minimum Gasteiger partial charge on any atom is -0.342 e. The molecule has 0 bridgehead atoms. The average Bonchev–Trinajstić information content (AvgIpc) is 2.59. The molecule has 0 aromatic carbocycles. The molecule has 1 aliphatic rings. The van der Waals surface area contributed by atoms with Gasteiger partial charge >= 0.3 is 0 Å². The Morgan fingerprint density at radius 1 is 1.32 bits per heavy atom. The van der Waals surface area contributed by atoms with Gasteiger partial charge in [0.15, 0.2) is 0 Å². The molecule has 1 saturated heterocycles. The second-order valence-electron chi connectivity index (χ2n) is 6.74. The van der Waals surface area contributed by atoms with Crippen LogP contribution < -0.4 is 5.73 Å². The highest BCUT2D eigenvalue weighted by Gasteiger charge is 2.28. The van der Waals surface area contributed by atoms with E-state index in [2.05, 4.69) is 16.0 Å². The topological polar surface area (TPSA) is 62.5 Å². The van der Waals surface area contributed by atoms with Crippen LogP contribution in [-0.4, -0.2) is 59.5 Å². The summed E-state index contributed by atoms with van der Waals surface area (Å²) >= 11 is 0. The quantitative estimate of drug-likeness (QED) is 0.809. The van der Waals surface area contributed by atoms with E-state index in [0.717, 1.165) is 44.6 Å². The van der Waals surface area contributed by atoms with Gasteiger partial charge in [-0.3, -0.25) is 9.78 Å². The fourth-order valence-electron chi connectivity index (χ4n) is 3.07. The molecule has 0 spiro atoms. The third-order valence-corrected chi connectivity index (χ3v) is 5.04. The number of halogens is 2. The number of nitrogens with zero attached hydrogens (tertiary/aromatic N) is 3. The van der Waals surface area contributed by atoms with Crippen LogP contribution in [0.1, 0.15) is 32.4 Å². The lowest BCUT2D eigenvalue weighted by Crippen LogP contribution is -2.49. The molecule has 0 saturated carbocycles. The van der Waals surface area contributed by atoms with E-state index < -0.39 is 0 Å². The molecule has 0 radical (unpaired) electrons. The van der Waals surface area contributed by atoms with Crippen LogP contribution in [0.25, 0.3) is 0 Å². The van der Waals surface area contributed by atoms with E-state index in [0.29, 0.717) is 6.04 Å². The van der Waals surface area contributed by atoms with E-state index in [1.165, 1.54) is 0 Å². The fourth-order valence-corrected chi connectivity index (χ4v) is 3.07. The Kier molecular flexibility index (Phi) is 11.3. The molecule has 144 valence electrons. The summed E-state index contributed by atoms with van der Waals surface area (Å²) in [7, 11) is 1.93. The zero-order chi connectivity index (χ0) is 16.8. The van der Waals surface area contributed by atoms with Crippen molar-refractivity contribution in [1.82, 2.24) is 14.8 Å². The second-order valence-corrected chi connectivity index (χ2v) is 6.74. The van der Waals surface area contributed by atoms with Crippen LogP contribution in [0, 0.1) is 5.92 Å². The van der Waals surface area contributed by atoms with Crippen LogP contribution in [0.4, 0.5) is 0 Å². The largest absolute Gasteiger partial charge is 0.342 e. The van der Waals surface area contributed by atoms with Gasteiger partial charge in [0, 0.05) is 57.1 Å². The van der Waals surface area contributed by atoms with Gasteiger partial charge < -0.3 is 15.5 Å². The van der Waals surface area contributed by atoms with Gasteiger partial charge in [-0.1, -0.05) is 13.0 Å². The summed E-state index contributed by atoms with van der Waals surface area (Å²) in [6.07, 6.45) is 4.91. The zero-order valence-electron chi connectivity index (χ0n) is 15.4. The lowest BCUT2D eigenvalue weighted by atomic mass is 9.98. The van der Waals surface area contributed by atoms with Crippen molar-refractivity contribution in [3.63, 3.8) is 0 Å². The Bertz CT molecular complexity index is 493. The number of amides is 1. The van der Waals surface area contributed by atoms with Crippen LogP contribution in [0.5, 0.6) is 0 Å². The van der Waals surface area contributed by atoms with Crippen molar-refractivity contribution in [3.05, 3.63) is 30.1 Å². The van der Waals surface area contributed by atoms with Gasteiger partial charge in [0.25, 0.3) is 0 Å². The Morgan fingerprint density at radius 3 is 2.48 bits per heavy atom. The maximum Gasteiger partial charge on any atom is 0.226 e. The highest BCUT2D eigenvalue weighted by atomic mass is 35.5. The highest BCUT2D eigenvalue weighted by molar-refractivity contribution is 5.85. The molecule has 1 aromatic heterocycles. The molecule has 1 aliphatic heterocycles. The monoisotopic (exact) mass is 390 g/mol. The van der Waals surface area contributed by atoms with E-state index in [1.807, 2.05) is 44.1 Å². The number of rotatable bonds is 6. The highest BCUT2D eigenvalue weighted by Crippen LogP contribution is 2.18. The Labute approximate surface area is 164 Å². The van der Waals surface area contributed by atoms with E-state index in [-0.39, 0.29) is 42.7 Å². The van der Waals surface area contributed by atoms with E-state index >= 15 is 0 Å². The van der Waals surface area contributed by atoms with E-state index in [4.69, 9.17) is 5.73 Å². The number of aromatic nitrogens is 1. The third-order valence-electron chi connectivity index (χ3n) is 5.04. The minimum atomic E-state index is -0.109. The van der Waals surface area contributed by atoms with Crippen LogP contribution >= 0.6 is 24.8 Å². The first-order chi connectivity index (χ1) is 11.0. The molecule has 0 aliphatic carbocycles. The minimum absolute atomic E-state index is 0. The summed E-state index contributed by atoms with van der Waals surface area (Å²) in [6, 6.07) is 6.31. The molecule has 1 aromatic rings. The lowest BCUT2D eigenvalue weighted by Gasteiger charge is -2.38. The van der Waals surface area contributed by atoms with Gasteiger partial charge in [-0.15, -0.1) is 24.8 Å². The van der Waals surface area contributed by atoms with Gasteiger partial charge in [-0.2, -0.15) is 0 Å². The summed E-state index contributed by atoms with van der Waals surface area (Å²) in [5.74, 6) is 0.0640. The number of piperidine rings is 1. The number of hydrogen-bond acceptors (Lipinski definition) is 4. The summed E-state index contributed by atoms with van der Waals surface area (Å²) in [4.78, 5) is 21.2. The van der Waals surface area contributed by atoms with E-state index in [9.17, 15) is 4.79 Å². The smallest absolute Gasteiger partial charge is 0.226 e. The van der Waals surface area contributed by atoms with Gasteiger partial charge in [0.05, 0.1) is 5.92 Å². The van der Waals surface area contributed by atoms with Crippen molar-refractivity contribution in [2.75, 3.05) is 26.7 Å². The molecule has 1 amide bonds. The zero-order valence-corrected chi connectivity index (χ0v) is 17.1. The first-order valence-electron chi connectivity index (χ1n) is 8.63. The number of carbonyl (C=O) groups is 1. The average molecular weight is 391 g/mol. The molecular weight excluding hydrogens is 359 g/mol. The number of pyridine rings is 1. The van der Waals surface area contributed by atoms with Gasteiger partial charge in [0.1, 0.15) is 0 Å². The maximum absolute atomic E-state index is 12.4. The SMILES string of the molecule is CC(N)C(C)C(=O)N(C)C1CCN(CCc2ccccn2)CC1.Cl.Cl. The Balaban J connectivity index is 0.00000288. The standard InChI is InChI=1S/C18H30N4O.2ClH/c1-14(15(2)19)18(23)21(3)17-8-12-22(13-9-17)11-7-16-6-4-5-10-20-16;;/h4-6,10,14-15,17H,7-9,11-13,19H2,1-3H3;2*1H. The van der Waals surface area contributed by atoms with Crippen molar-refractivity contribution in [2.24, 2.45) is 11.7 Å². The second kappa shape index (κ2) is 11.7. The maximum atomic E-state index is 12.4. The van der Waals surface area contributed by atoms with Crippen molar-refractivity contribution >= 4 is 30.7 Å². The van der Waals surface area contributed by atoms with Crippen molar-refractivity contribution in [1.29, 1.82) is 0 Å². The number of hydrogen-bond donors (Lipinski definition) is 1. The summed E-state index contributed by atoms with van der Waals surface area (Å²) in [5.41, 5.74) is 7.01. The van der Waals surface area contributed by atoms with Gasteiger partial charge in [0.2, 0.25) is 5.91 Å². The fraction of sp³-hybridized carbons (Fsp3) is 0.667. The predicted octanol–water partition coefficient (Wildman–Crippen LogP) is 2.37. The van der Waals surface area contributed by atoms with Crippen LogP contribution in [0.3, 0.4) is 0 Å². The molecule has 2 unspecified atom stereocenters. The third kappa shape index (κ3) is 7.10. The van der Waals surface area contributed by atoms with Crippen molar-refractivity contribution in [2.45, 2.75) is 45.2 Å². The van der Waals surface area contributed by atoms with Crippen molar-refractivity contribution in [3.8, 4) is 0 Å². The summed E-state index contributed by atoms with van der Waals surface area (Å²) < 4.78 is 0. The molecule has 7 heteroatoms. The normalized spacial score (nSPS) is 17.8. The van der Waals surface area contributed by atoms with Crippen LogP contribution in [0.2, 0.25) is 0 Å². The van der Waals surface area contributed by atoms with Crippen LogP contribution in [-0.2, 0) is 11.2 Å².